The second kappa shape index (κ2) is 12.9. The van der Waals surface area contributed by atoms with Gasteiger partial charge in [0.25, 0.3) is 0 Å². The zero-order chi connectivity index (χ0) is 10.9. The van der Waals surface area contributed by atoms with Crippen molar-refractivity contribution in [1.29, 1.82) is 0 Å². The summed E-state index contributed by atoms with van der Waals surface area (Å²) >= 11 is 0. The van der Waals surface area contributed by atoms with Gasteiger partial charge in [0.1, 0.15) is 0 Å². The van der Waals surface area contributed by atoms with Crippen LogP contribution in [-0.4, -0.2) is 42.1 Å². The van der Waals surface area contributed by atoms with Crippen molar-refractivity contribution in [2.45, 2.75) is 59.3 Å². The molecule has 3 heteroatoms. The normalized spacial score (nSPS) is 10.5. The summed E-state index contributed by atoms with van der Waals surface area (Å²) in [5, 5.41) is 0. The number of unbranched alkanes of at least 4 members (excludes halogenated alkanes) is 3. The molecule has 0 spiro atoms. The fraction of sp³-hybridized carbons (Fsp3) is 1.00. The average molecular weight is 235 g/mol. The zero-order valence-corrected chi connectivity index (χ0v) is 11.8. The number of quaternary nitrogens is 1. The Kier molecular flexibility index (Phi) is 17.2. The van der Waals surface area contributed by atoms with E-state index in [-0.39, 0.29) is 11.0 Å². The number of rotatable bonds is 9. The molecule has 0 bridgehead atoms. The monoisotopic (exact) mass is 235 g/mol. The molecule has 0 heterocycles. The van der Waals surface area contributed by atoms with Crippen LogP contribution in [0.4, 0.5) is 0 Å². The van der Waals surface area contributed by atoms with Crippen LogP contribution in [0.1, 0.15) is 59.3 Å². The van der Waals surface area contributed by atoms with Crippen LogP contribution in [0.5, 0.6) is 0 Å². The Hall–Kier alpha value is -0.120. The lowest BCUT2D eigenvalue weighted by atomic mass is 10.2. The minimum atomic E-state index is 0. The molecule has 0 aliphatic heterocycles. The van der Waals surface area contributed by atoms with Gasteiger partial charge < -0.3 is 15.4 Å². The van der Waals surface area contributed by atoms with Gasteiger partial charge >= 0.3 is 0 Å². The summed E-state index contributed by atoms with van der Waals surface area (Å²) in [5.41, 5.74) is 0. The van der Waals surface area contributed by atoms with Crippen LogP contribution in [0.3, 0.4) is 0 Å². The number of hydrogen-bond acceptors (Lipinski definition) is 1. The lowest BCUT2D eigenvalue weighted by molar-refractivity contribution is -0.910. The first-order chi connectivity index (χ1) is 6.68. The first kappa shape index (κ1) is 21.2. The summed E-state index contributed by atoms with van der Waals surface area (Å²) in [6, 6.07) is 0. The first-order valence-corrected chi connectivity index (χ1v) is 6.52. The summed E-state index contributed by atoms with van der Waals surface area (Å²) in [6.45, 7) is 11.0. The van der Waals surface area contributed by atoms with Gasteiger partial charge in [0.2, 0.25) is 0 Å². The van der Waals surface area contributed by atoms with E-state index in [1.165, 1.54) is 62.6 Å². The van der Waals surface area contributed by atoms with Crippen molar-refractivity contribution >= 4 is 0 Å². The van der Waals surface area contributed by atoms with E-state index in [9.17, 15) is 0 Å². The van der Waals surface area contributed by atoms with Gasteiger partial charge in [0, 0.05) is 0 Å². The molecule has 3 N–H and O–H groups in total. The lowest BCUT2D eigenvalue weighted by Crippen LogP contribution is -2.46. The van der Waals surface area contributed by atoms with Crippen LogP contribution in [0.25, 0.3) is 0 Å². The third kappa shape index (κ3) is 10.4. The van der Waals surface area contributed by atoms with Crippen LogP contribution in [0, 0.1) is 0 Å². The number of nitrogens with zero attached hydrogens (tertiary/aromatic N) is 1. The standard InChI is InChI=1S/C13H30N.2H2O/c1-5-8-11-14(4,12-9-6-2)13-10-7-3;;/h5-13H2,1-4H3;2*1H2/q+1;;/p-1. The molecule has 3 nitrogen and oxygen atoms in total. The predicted molar refractivity (Wildman–Crippen MR) is 71.1 cm³/mol. The smallest absolute Gasteiger partial charge is 0.0784 e. The van der Waals surface area contributed by atoms with E-state index in [1.807, 2.05) is 0 Å². The molecule has 0 fully saturated rings. The SMILES string of the molecule is CCCC[N+](C)(CCCC)CCCC.O.[OH-]. The summed E-state index contributed by atoms with van der Waals surface area (Å²) in [7, 11) is 2.45. The van der Waals surface area contributed by atoms with Gasteiger partial charge in [-0.1, -0.05) is 40.0 Å². The van der Waals surface area contributed by atoms with Gasteiger partial charge in [-0.3, -0.25) is 0 Å². The molecule has 0 aromatic carbocycles. The van der Waals surface area contributed by atoms with Gasteiger partial charge in [-0.2, -0.15) is 0 Å². The molecule has 16 heavy (non-hydrogen) atoms. The minimum Gasteiger partial charge on any atom is -0.870 e. The predicted octanol–water partition coefficient (Wildman–Crippen LogP) is 2.83. The molecular formula is C13H33NO2. The Morgan fingerprint density at radius 3 is 1.12 bits per heavy atom. The molecule has 0 saturated heterocycles. The Bertz CT molecular complexity index is 107. The van der Waals surface area contributed by atoms with E-state index in [4.69, 9.17) is 0 Å². The third-order valence-electron chi connectivity index (χ3n) is 3.15. The number of hydrogen-bond donors (Lipinski definition) is 0. The molecule has 0 atom stereocenters. The van der Waals surface area contributed by atoms with Crippen molar-refractivity contribution in [2.75, 3.05) is 26.7 Å². The second-order valence-corrected chi connectivity index (χ2v) is 4.85. The summed E-state index contributed by atoms with van der Waals surface area (Å²) in [4.78, 5) is 0. The topological polar surface area (TPSA) is 61.5 Å². The van der Waals surface area contributed by atoms with E-state index in [0.717, 1.165) is 0 Å². The van der Waals surface area contributed by atoms with Gasteiger partial charge in [0.15, 0.2) is 0 Å². The molecule has 0 aromatic rings. The van der Waals surface area contributed by atoms with Crippen molar-refractivity contribution in [2.24, 2.45) is 0 Å². The molecule has 0 aliphatic rings. The lowest BCUT2D eigenvalue weighted by Gasteiger charge is -2.34. The van der Waals surface area contributed by atoms with Crippen molar-refractivity contribution in [3.8, 4) is 0 Å². The first-order valence-electron chi connectivity index (χ1n) is 6.52. The Morgan fingerprint density at radius 2 is 0.938 bits per heavy atom. The van der Waals surface area contributed by atoms with Crippen molar-refractivity contribution in [1.82, 2.24) is 0 Å². The summed E-state index contributed by atoms with van der Waals surface area (Å²) in [5.74, 6) is 0. The molecule has 0 amide bonds. The van der Waals surface area contributed by atoms with Gasteiger partial charge in [-0.05, 0) is 19.3 Å². The van der Waals surface area contributed by atoms with Crippen LogP contribution in [-0.2, 0) is 0 Å². The zero-order valence-electron chi connectivity index (χ0n) is 11.8. The van der Waals surface area contributed by atoms with E-state index >= 15 is 0 Å². The van der Waals surface area contributed by atoms with E-state index < -0.39 is 0 Å². The fourth-order valence-electron chi connectivity index (χ4n) is 1.95. The maximum absolute atomic E-state index is 2.45. The molecule has 0 saturated carbocycles. The Labute approximate surface area is 102 Å². The van der Waals surface area contributed by atoms with Crippen LogP contribution < -0.4 is 0 Å². The third-order valence-corrected chi connectivity index (χ3v) is 3.15. The highest BCUT2D eigenvalue weighted by molar-refractivity contribution is 4.43. The van der Waals surface area contributed by atoms with Gasteiger partial charge in [-0.25, -0.2) is 0 Å². The molecule has 0 aliphatic carbocycles. The van der Waals surface area contributed by atoms with E-state index in [1.54, 1.807) is 0 Å². The minimum absolute atomic E-state index is 0. The van der Waals surface area contributed by atoms with Crippen molar-refractivity contribution < 1.29 is 15.4 Å². The second-order valence-electron chi connectivity index (χ2n) is 4.85. The van der Waals surface area contributed by atoms with Crippen molar-refractivity contribution in [3.63, 3.8) is 0 Å². The van der Waals surface area contributed by atoms with Gasteiger partial charge in [-0.15, -0.1) is 0 Å². The molecule has 0 rings (SSSR count). The quantitative estimate of drug-likeness (QED) is 0.567. The highest BCUT2D eigenvalue weighted by Gasteiger charge is 2.18. The van der Waals surface area contributed by atoms with Crippen LogP contribution in [0.15, 0.2) is 0 Å². The summed E-state index contributed by atoms with van der Waals surface area (Å²) in [6.07, 6.45) is 8.20. The largest absolute Gasteiger partial charge is 0.870 e. The highest BCUT2D eigenvalue weighted by atomic mass is 16.0. The highest BCUT2D eigenvalue weighted by Crippen LogP contribution is 2.10. The van der Waals surface area contributed by atoms with E-state index in [0.29, 0.717) is 0 Å². The maximum atomic E-state index is 2.45. The molecular weight excluding hydrogens is 202 g/mol. The fourth-order valence-corrected chi connectivity index (χ4v) is 1.95. The molecule has 0 aromatic heterocycles. The molecule has 0 unspecified atom stereocenters. The van der Waals surface area contributed by atoms with Crippen LogP contribution in [0.2, 0.25) is 0 Å². The Morgan fingerprint density at radius 1 is 0.688 bits per heavy atom. The Balaban J connectivity index is -0.000000845. The van der Waals surface area contributed by atoms with Crippen LogP contribution >= 0.6 is 0 Å². The van der Waals surface area contributed by atoms with Gasteiger partial charge in [0.05, 0.1) is 26.7 Å². The molecule has 102 valence electrons. The van der Waals surface area contributed by atoms with E-state index in [2.05, 4.69) is 27.8 Å². The average Bonchev–Trinajstić information content (AvgIpc) is 2.21. The molecule has 0 radical (unpaired) electrons. The van der Waals surface area contributed by atoms with Crippen molar-refractivity contribution in [3.05, 3.63) is 0 Å². The maximum Gasteiger partial charge on any atom is 0.0784 e. The summed E-state index contributed by atoms with van der Waals surface area (Å²) < 4.78 is 1.32.